The number of rotatable bonds is 0. The third kappa shape index (κ3) is 1.11. The van der Waals surface area contributed by atoms with Crippen LogP contribution < -0.4 is 0 Å². The van der Waals surface area contributed by atoms with Crippen molar-refractivity contribution in [3.05, 3.63) is 13.8 Å². The Kier molecular flexibility index (Phi) is 1.97. The van der Waals surface area contributed by atoms with Gasteiger partial charge in [-0.15, -0.1) is 0 Å². The summed E-state index contributed by atoms with van der Waals surface area (Å²) in [4.78, 5) is 0. The van der Waals surface area contributed by atoms with Gasteiger partial charge in [0, 0.05) is 0 Å². The fourth-order valence-corrected chi connectivity index (χ4v) is 3.01. The van der Waals surface area contributed by atoms with E-state index in [0.29, 0.717) is 0 Å². The van der Waals surface area contributed by atoms with Gasteiger partial charge in [-0.1, -0.05) is 25.7 Å². The summed E-state index contributed by atoms with van der Waals surface area (Å²) in [7, 11) is 0. The van der Waals surface area contributed by atoms with Gasteiger partial charge in [0.05, 0.1) is 0 Å². The van der Waals surface area contributed by atoms with Gasteiger partial charge < -0.3 is 0 Å². The first-order valence-electron chi connectivity index (χ1n) is 5.24. The molecule has 0 saturated heterocycles. The van der Waals surface area contributed by atoms with E-state index in [9.17, 15) is 0 Å². The van der Waals surface area contributed by atoms with Crippen LogP contribution in [0.1, 0.15) is 51.4 Å². The highest BCUT2D eigenvalue weighted by Gasteiger charge is 2.47. The van der Waals surface area contributed by atoms with Crippen molar-refractivity contribution in [3.63, 3.8) is 0 Å². The molecule has 2 fully saturated rings. The molecule has 0 bridgehead atoms. The third-order valence-corrected chi connectivity index (χ3v) is 3.98. The predicted octanol–water partition coefficient (Wildman–Crippen LogP) is 3.53. The molecule has 0 heteroatoms. The molecule has 0 amide bonds. The van der Waals surface area contributed by atoms with Gasteiger partial charge in [0.1, 0.15) is 0 Å². The van der Waals surface area contributed by atoms with Gasteiger partial charge in [-0.2, -0.15) is 0 Å². The molecular weight excluding hydrogens is 144 g/mol. The van der Waals surface area contributed by atoms with Crippen LogP contribution in [0, 0.1) is 24.7 Å². The predicted molar refractivity (Wildman–Crippen MR) is 50.4 cm³/mol. The lowest BCUT2D eigenvalue weighted by molar-refractivity contribution is 0.0200. The molecule has 2 rings (SSSR count). The number of hydrogen-bond donors (Lipinski definition) is 0. The van der Waals surface area contributed by atoms with Gasteiger partial charge in [-0.05, 0) is 50.4 Å². The zero-order chi connectivity index (χ0) is 8.66. The van der Waals surface area contributed by atoms with E-state index in [0.717, 1.165) is 25.7 Å². The van der Waals surface area contributed by atoms with Crippen molar-refractivity contribution >= 4 is 0 Å². The minimum atomic E-state index is -0.0104. The fraction of sp³-hybridized carbons (Fsp3) is 0.833. The summed E-state index contributed by atoms with van der Waals surface area (Å²) in [6.45, 7) is 12.7. The average Bonchev–Trinajstić information content (AvgIpc) is 2.05. The molecule has 0 N–H and O–H groups in total. The Morgan fingerprint density at radius 3 is 1.08 bits per heavy atom. The molecule has 0 heterocycles. The molecule has 0 aromatic carbocycles. The van der Waals surface area contributed by atoms with E-state index in [1.807, 2.05) is 0 Å². The van der Waals surface area contributed by atoms with Crippen LogP contribution in [0.3, 0.4) is 0 Å². The van der Waals surface area contributed by atoms with Crippen LogP contribution in [0.25, 0.3) is 0 Å². The van der Waals surface area contributed by atoms with Gasteiger partial charge in [0.25, 0.3) is 0 Å². The Morgan fingerprint density at radius 2 is 0.833 bits per heavy atom. The minimum Gasteiger partial charge on any atom is -0.0527 e. The highest BCUT2D eigenvalue weighted by Crippen LogP contribution is 2.57. The first-order chi connectivity index (χ1) is 5.66. The van der Waals surface area contributed by atoms with Crippen molar-refractivity contribution in [2.24, 2.45) is 10.8 Å². The molecule has 0 aromatic heterocycles. The van der Waals surface area contributed by atoms with Crippen molar-refractivity contribution < 1.29 is 0 Å². The van der Waals surface area contributed by atoms with Crippen LogP contribution in [-0.4, -0.2) is 0 Å². The van der Waals surface area contributed by atoms with Gasteiger partial charge in [-0.3, -0.25) is 0 Å². The van der Waals surface area contributed by atoms with E-state index in [2.05, 4.69) is 0 Å². The van der Waals surface area contributed by atoms with Gasteiger partial charge in [-0.25, -0.2) is 0 Å². The van der Waals surface area contributed by atoms with E-state index in [-0.39, 0.29) is 10.8 Å². The fourth-order valence-electron chi connectivity index (χ4n) is 3.01. The summed E-state index contributed by atoms with van der Waals surface area (Å²) in [6, 6.07) is 0. The Balaban J connectivity index is 2.20. The summed E-state index contributed by atoms with van der Waals surface area (Å²) in [5.74, 6) is 0. The van der Waals surface area contributed by atoms with Crippen LogP contribution in [0.5, 0.6) is 0 Å². The Labute approximate surface area is 76.7 Å². The van der Waals surface area contributed by atoms with Gasteiger partial charge in [0.2, 0.25) is 0 Å². The average molecular weight is 162 g/mol. The highest BCUT2D eigenvalue weighted by molar-refractivity contribution is 5.05. The highest BCUT2D eigenvalue weighted by atomic mass is 14.5. The molecule has 4 radical (unpaired) electrons. The SMILES string of the molecule is [CH]C12CCCCC1([CH])CCCC2. The first kappa shape index (κ1) is 8.59. The molecular formula is C12H18. The van der Waals surface area contributed by atoms with Gasteiger partial charge in [0.15, 0.2) is 0 Å². The maximum Gasteiger partial charge on any atom is -0.0204 e. The molecule has 0 unspecified atom stereocenters. The first-order valence-corrected chi connectivity index (χ1v) is 5.24. The van der Waals surface area contributed by atoms with Crippen LogP contribution in [-0.2, 0) is 0 Å². The number of hydrogen-bond acceptors (Lipinski definition) is 0. The summed E-state index contributed by atoms with van der Waals surface area (Å²) in [6.07, 6.45) is 9.77. The topological polar surface area (TPSA) is 0 Å². The zero-order valence-electron chi connectivity index (χ0n) is 7.81. The molecule has 2 aliphatic carbocycles. The lowest BCUT2D eigenvalue weighted by atomic mass is 9.52. The van der Waals surface area contributed by atoms with E-state index in [4.69, 9.17) is 13.8 Å². The molecule has 2 saturated carbocycles. The van der Waals surface area contributed by atoms with Crippen LogP contribution in [0.4, 0.5) is 0 Å². The maximum atomic E-state index is 6.37. The quantitative estimate of drug-likeness (QED) is 0.511. The zero-order valence-corrected chi connectivity index (χ0v) is 7.81. The minimum absolute atomic E-state index is 0.0104. The summed E-state index contributed by atoms with van der Waals surface area (Å²) in [5, 5.41) is 0. The van der Waals surface area contributed by atoms with E-state index < -0.39 is 0 Å². The lowest BCUT2D eigenvalue weighted by Crippen LogP contribution is -2.43. The molecule has 0 atom stereocenters. The molecule has 0 aromatic rings. The van der Waals surface area contributed by atoms with Crippen molar-refractivity contribution in [1.82, 2.24) is 0 Å². The third-order valence-electron chi connectivity index (χ3n) is 3.98. The van der Waals surface area contributed by atoms with E-state index >= 15 is 0 Å². The van der Waals surface area contributed by atoms with Crippen LogP contribution >= 0.6 is 0 Å². The van der Waals surface area contributed by atoms with Crippen LogP contribution in [0.15, 0.2) is 0 Å². The number of fused-ring (bicyclic) bond motifs is 1. The van der Waals surface area contributed by atoms with Crippen molar-refractivity contribution in [3.8, 4) is 0 Å². The molecule has 2 aliphatic rings. The van der Waals surface area contributed by atoms with Gasteiger partial charge >= 0.3 is 0 Å². The van der Waals surface area contributed by atoms with E-state index in [1.165, 1.54) is 25.7 Å². The largest absolute Gasteiger partial charge is 0.0527 e. The monoisotopic (exact) mass is 162 g/mol. The van der Waals surface area contributed by atoms with E-state index in [1.54, 1.807) is 0 Å². The summed E-state index contributed by atoms with van der Waals surface area (Å²) < 4.78 is 0. The van der Waals surface area contributed by atoms with Crippen molar-refractivity contribution in [1.29, 1.82) is 0 Å². The Hall–Kier alpha value is 0. The van der Waals surface area contributed by atoms with Crippen molar-refractivity contribution in [2.75, 3.05) is 0 Å². The molecule has 66 valence electrons. The smallest absolute Gasteiger partial charge is 0.0204 e. The molecule has 0 aliphatic heterocycles. The second kappa shape index (κ2) is 2.75. The molecule has 0 nitrogen and oxygen atoms in total. The second-order valence-corrected chi connectivity index (χ2v) is 4.73. The summed E-state index contributed by atoms with van der Waals surface area (Å²) in [5.41, 5.74) is -0.0208. The standard InChI is InChI=1S/C12H18/c1-11-7-3-5-9-12(11,2)10-6-4-8-11/h1-2H,3-10H2. The van der Waals surface area contributed by atoms with Crippen molar-refractivity contribution in [2.45, 2.75) is 51.4 Å². The molecule has 12 heavy (non-hydrogen) atoms. The Bertz CT molecular complexity index is 137. The normalized spacial score (nSPS) is 48.5. The summed E-state index contributed by atoms with van der Waals surface area (Å²) >= 11 is 0. The Morgan fingerprint density at radius 1 is 0.583 bits per heavy atom. The molecule has 0 spiro atoms. The van der Waals surface area contributed by atoms with Crippen LogP contribution in [0.2, 0.25) is 0 Å². The maximum absolute atomic E-state index is 6.37. The second-order valence-electron chi connectivity index (χ2n) is 4.73. The lowest BCUT2D eigenvalue weighted by Gasteiger charge is -2.53.